The summed E-state index contributed by atoms with van der Waals surface area (Å²) in [5, 5.41) is 0.447. The minimum Gasteiger partial charge on any atom is -0.493 e. The van der Waals surface area contributed by atoms with Gasteiger partial charge in [-0.1, -0.05) is 57.1 Å². The van der Waals surface area contributed by atoms with E-state index in [1.54, 1.807) is 39.0 Å². The van der Waals surface area contributed by atoms with E-state index in [0.29, 0.717) is 43.5 Å². The molecular formula is C26H24BrClN2O4S. The number of nitrogens with zero attached hydrogens (tertiary/aromatic N) is 2. The molecule has 2 heterocycles. The fourth-order valence-corrected chi connectivity index (χ4v) is 5.57. The third-order valence-electron chi connectivity index (χ3n) is 5.34. The number of esters is 1. The fraction of sp³-hybridized carbons (Fsp3) is 0.269. The first kappa shape index (κ1) is 25.4. The van der Waals surface area contributed by atoms with Gasteiger partial charge < -0.3 is 9.47 Å². The number of rotatable bonds is 6. The number of benzene rings is 2. The average Bonchev–Trinajstić information content (AvgIpc) is 3.09. The van der Waals surface area contributed by atoms with Gasteiger partial charge in [0.2, 0.25) is 0 Å². The van der Waals surface area contributed by atoms with Gasteiger partial charge in [0, 0.05) is 15.1 Å². The van der Waals surface area contributed by atoms with Crippen molar-refractivity contribution in [2.45, 2.75) is 39.8 Å². The number of carbonyl (C=O) groups excluding carboxylic acids is 1. The molecule has 0 radical (unpaired) electrons. The summed E-state index contributed by atoms with van der Waals surface area (Å²) in [5.41, 5.74) is 1.90. The van der Waals surface area contributed by atoms with Gasteiger partial charge in [-0.2, -0.15) is 0 Å². The standard InChI is InChI=1S/C26H24BrClN2O4S/c1-5-33-20-11-10-17(27)12-16(20)13-21-24(31)30-23(18-8-6-7-9-19(18)28)22(25(32)34-14(2)3)15(4)29-26(30)35-21/h6-14,23H,5H2,1-4H3. The SMILES string of the molecule is CCOc1ccc(Br)cc1C=c1sc2n(c1=O)C(c1ccccc1Cl)C(C(=O)OC(C)C)=C(C)N=2. The summed E-state index contributed by atoms with van der Waals surface area (Å²) >= 11 is 11.3. The monoisotopic (exact) mass is 574 g/mol. The van der Waals surface area contributed by atoms with E-state index >= 15 is 0 Å². The van der Waals surface area contributed by atoms with E-state index < -0.39 is 12.0 Å². The minimum atomic E-state index is -0.762. The van der Waals surface area contributed by atoms with E-state index in [2.05, 4.69) is 20.9 Å². The number of fused-ring (bicyclic) bond motifs is 1. The first-order chi connectivity index (χ1) is 16.7. The molecule has 1 aliphatic heterocycles. The number of aromatic nitrogens is 1. The molecule has 1 atom stereocenters. The second kappa shape index (κ2) is 10.5. The molecule has 2 aromatic carbocycles. The van der Waals surface area contributed by atoms with Crippen molar-refractivity contribution in [3.63, 3.8) is 0 Å². The van der Waals surface area contributed by atoms with Gasteiger partial charge in [0.25, 0.3) is 5.56 Å². The molecule has 0 aliphatic carbocycles. The summed E-state index contributed by atoms with van der Waals surface area (Å²) in [4.78, 5) is 32.0. The van der Waals surface area contributed by atoms with Crippen LogP contribution in [0.3, 0.4) is 0 Å². The summed E-state index contributed by atoms with van der Waals surface area (Å²) < 4.78 is 14.1. The minimum absolute atomic E-state index is 0.275. The highest BCUT2D eigenvalue weighted by Gasteiger charge is 2.34. The van der Waals surface area contributed by atoms with Crippen molar-refractivity contribution in [3.8, 4) is 5.75 Å². The molecule has 1 aromatic heterocycles. The van der Waals surface area contributed by atoms with Crippen molar-refractivity contribution < 1.29 is 14.3 Å². The van der Waals surface area contributed by atoms with Crippen LogP contribution in [-0.2, 0) is 9.53 Å². The highest BCUT2D eigenvalue weighted by molar-refractivity contribution is 9.10. The number of hydrogen-bond acceptors (Lipinski definition) is 6. The average molecular weight is 576 g/mol. The molecule has 1 unspecified atom stereocenters. The van der Waals surface area contributed by atoms with Gasteiger partial charge in [-0.05, 0) is 63.6 Å². The summed E-state index contributed by atoms with van der Waals surface area (Å²) in [7, 11) is 0. The molecule has 9 heteroatoms. The lowest BCUT2D eigenvalue weighted by Crippen LogP contribution is -2.40. The quantitative estimate of drug-likeness (QED) is 0.388. The van der Waals surface area contributed by atoms with Crippen molar-refractivity contribution in [2.24, 2.45) is 4.99 Å². The Morgan fingerprint density at radius 1 is 1.29 bits per heavy atom. The van der Waals surface area contributed by atoms with Gasteiger partial charge in [0.1, 0.15) is 11.8 Å². The van der Waals surface area contributed by atoms with Crippen molar-refractivity contribution in [1.82, 2.24) is 4.57 Å². The van der Waals surface area contributed by atoms with Gasteiger partial charge in [-0.25, -0.2) is 9.79 Å². The van der Waals surface area contributed by atoms with Gasteiger partial charge in [0.15, 0.2) is 4.80 Å². The van der Waals surface area contributed by atoms with Crippen molar-refractivity contribution in [3.05, 3.63) is 94.0 Å². The van der Waals surface area contributed by atoms with E-state index in [-0.39, 0.29) is 11.7 Å². The van der Waals surface area contributed by atoms with Crippen LogP contribution in [0.15, 0.2) is 68.0 Å². The summed E-state index contributed by atoms with van der Waals surface area (Å²) in [5.74, 6) is 0.146. The van der Waals surface area contributed by atoms with E-state index in [1.807, 2.05) is 37.3 Å². The maximum Gasteiger partial charge on any atom is 0.338 e. The lowest BCUT2D eigenvalue weighted by atomic mass is 9.96. The van der Waals surface area contributed by atoms with Crippen molar-refractivity contribution in [1.29, 1.82) is 0 Å². The second-order valence-corrected chi connectivity index (χ2v) is 10.5. The number of ether oxygens (including phenoxy) is 2. The molecule has 6 nitrogen and oxygen atoms in total. The zero-order chi connectivity index (χ0) is 25.3. The Bertz CT molecular complexity index is 1510. The van der Waals surface area contributed by atoms with Gasteiger partial charge in [0.05, 0.1) is 28.5 Å². The Hall–Kier alpha value is -2.68. The topological polar surface area (TPSA) is 69.9 Å². The summed E-state index contributed by atoms with van der Waals surface area (Å²) in [6, 6.07) is 12.1. The predicted octanol–water partition coefficient (Wildman–Crippen LogP) is 5.00. The normalized spacial score (nSPS) is 15.7. The molecule has 0 fully saturated rings. The second-order valence-electron chi connectivity index (χ2n) is 8.17. The predicted molar refractivity (Wildman–Crippen MR) is 142 cm³/mol. The third-order valence-corrected chi connectivity index (χ3v) is 7.16. The Morgan fingerprint density at radius 2 is 2.03 bits per heavy atom. The molecule has 0 N–H and O–H groups in total. The van der Waals surface area contributed by atoms with Crippen LogP contribution in [0.1, 0.15) is 44.9 Å². The Morgan fingerprint density at radius 3 is 2.71 bits per heavy atom. The number of hydrogen-bond donors (Lipinski definition) is 0. The van der Waals surface area contributed by atoms with Crippen LogP contribution in [0.5, 0.6) is 5.75 Å². The van der Waals surface area contributed by atoms with Crippen LogP contribution >= 0.6 is 38.9 Å². The fourth-order valence-electron chi connectivity index (χ4n) is 3.91. The summed E-state index contributed by atoms with van der Waals surface area (Å²) in [6.07, 6.45) is 1.46. The lowest BCUT2D eigenvalue weighted by Gasteiger charge is -2.26. The number of thiazole rings is 1. The number of halogens is 2. The van der Waals surface area contributed by atoms with Gasteiger partial charge >= 0.3 is 5.97 Å². The highest BCUT2D eigenvalue weighted by atomic mass is 79.9. The molecule has 35 heavy (non-hydrogen) atoms. The highest BCUT2D eigenvalue weighted by Crippen LogP contribution is 2.34. The first-order valence-corrected chi connectivity index (χ1v) is 13.1. The zero-order valence-electron chi connectivity index (χ0n) is 19.7. The summed E-state index contributed by atoms with van der Waals surface area (Å²) in [6.45, 7) is 7.71. The van der Waals surface area contributed by atoms with E-state index in [4.69, 9.17) is 21.1 Å². The van der Waals surface area contributed by atoms with Crippen molar-refractivity contribution >= 4 is 50.9 Å². The molecule has 182 valence electrons. The Balaban J connectivity index is 1.97. The van der Waals surface area contributed by atoms with Crippen LogP contribution in [0.2, 0.25) is 5.02 Å². The molecule has 4 rings (SSSR count). The third kappa shape index (κ3) is 5.15. The van der Waals surface area contributed by atoms with Crippen LogP contribution in [0, 0.1) is 0 Å². The Kier molecular flexibility index (Phi) is 7.64. The maximum absolute atomic E-state index is 13.8. The number of allylic oxidation sites excluding steroid dienone is 1. The molecule has 0 saturated carbocycles. The molecule has 0 saturated heterocycles. The largest absolute Gasteiger partial charge is 0.493 e. The lowest BCUT2D eigenvalue weighted by molar-refractivity contribution is -0.143. The van der Waals surface area contributed by atoms with Crippen LogP contribution in [-0.4, -0.2) is 23.2 Å². The van der Waals surface area contributed by atoms with Gasteiger partial charge in [-0.3, -0.25) is 9.36 Å². The molecular weight excluding hydrogens is 552 g/mol. The zero-order valence-corrected chi connectivity index (χ0v) is 22.8. The molecule has 3 aromatic rings. The van der Waals surface area contributed by atoms with Crippen molar-refractivity contribution in [2.75, 3.05) is 6.61 Å². The van der Waals surface area contributed by atoms with E-state index in [0.717, 1.165) is 10.0 Å². The van der Waals surface area contributed by atoms with E-state index in [9.17, 15) is 9.59 Å². The van der Waals surface area contributed by atoms with E-state index in [1.165, 1.54) is 15.9 Å². The molecule has 0 spiro atoms. The van der Waals surface area contributed by atoms with Crippen LogP contribution in [0.25, 0.3) is 6.08 Å². The van der Waals surface area contributed by atoms with Gasteiger partial charge in [-0.15, -0.1) is 0 Å². The van der Waals surface area contributed by atoms with Crippen LogP contribution in [0.4, 0.5) is 0 Å². The smallest absolute Gasteiger partial charge is 0.338 e. The molecule has 0 bridgehead atoms. The first-order valence-electron chi connectivity index (χ1n) is 11.1. The number of carbonyl (C=O) groups is 1. The Labute approximate surface area is 220 Å². The maximum atomic E-state index is 13.8. The van der Waals surface area contributed by atoms with Crippen LogP contribution < -0.4 is 19.6 Å². The molecule has 0 amide bonds. The molecule has 1 aliphatic rings.